The van der Waals surface area contributed by atoms with E-state index in [0.29, 0.717) is 16.3 Å². The van der Waals surface area contributed by atoms with Gasteiger partial charge in [-0.1, -0.05) is 11.3 Å². The molecule has 2 aromatic carbocycles. The lowest BCUT2D eigenvalue weighted by atomic mass is 10.2. The molecule has 0 aliphatic heterocycles. The van der Waals surface area contributed by atoms with Crippen LogP contribution in [0.3, 0.4) is 0 Å². The summed E-state index contributed by atoms with van der Waals surface area (Å²) in [5.74, 6) is -2.78. The second kappa shape index (κ2) is 5.17. The summed E-state index contributed by atoms with van der Waals surface area (Å²) >= 11 is 1.07. The highest BCUT2D eigenvalue weighted by molar-refractivity contribution is 7.22. The van der Waals surface area contributed by atoms with Crippen molar-refractivity contribution >= 4 is 32.6 Å². The fourth-order valence-electron chi connectivity index (χ4n) is 1.81. The molecule has 0 saturated carbocycles. The van der Waals surface area contributed by atoms with Crippen molar-refractivity contribution in [2.75, 3.05) is 5.32 Å². The lowest BCUT2D eigenvalue weighted by Gasteiger charge is -2.01. The molecule has 3 rings (SSSR count). The second-order valence-corrected chi connectivity index (χ2v) is 5.27. The molecule has 0 aliphatic carbocycles. The number of nitrogens with one attached hydrogen (secondary N) is 1. The molecule has 0 radical (unpaired) electrons. The van der Waals surface area contributed by atoms with Crippen LogP contribution in [-0.2, 0) is 0 Å². The molecule has 21 heavy (non-hydrogen) atoms. The SMILES string of the molecule is O=C(Nc1nc2ccc(F)cc2s1)c1cc(F)cc(F)c1. The Bertz CT molecular complexity index is 827. The van der Waals surface area contributed by atoms with Crippen LogP contribution in [-0.4, -0.2) is 10.9 Å². The van der Waals surface area contributed by atoms with Gasteiger partial charge in [0.2, 0.25) is 0 Å². The van der Waals surface area contributed by atoms with E-state index < -0.39 is 23.4 Å². The highest BCUT2D eigenvalue weighted by atomic mass is 32.1. The molecular formula is C14H7F3N2OS. The predicted octanol–water partition coefficient (Wildman–Crippen LogP) is 3.97. The van der Waals surface area contributed by atoms with E-state index in [1.807, 2.05) is 0 Å². The minimum Gasteiger partial charge on any atom is -0.298 e. The Labute approximate surface area is 121 Å². The van der Waals surface area contributed by atoms with Crippen LogP contribution in [0.2, 0.25) is 0 Å². The number of hydrogen-bond acceptors (Lipinski definition) is 3. The Balaban J connectivity index is 1.88. The third-order valence-electron chi connectivity index (χ3n) is 2.70. The molecule has 3 aromatic rings. The number of benzene rings is 2. The summed E-state index contributed by atoms with van der Waals surface area (Å²) in [5, 5.41) is 2.66. The highest BCUT2D eigenvalue weighted by Gasteiger charge is 2.12. The predicted molar refractivity (Wildman–Crippen MR) is 73.9 cm³/mol. The van der Waals surface area contributed by atoms with Crippen LogP contribution in [0.15, 0.2) is 36.4 Å². The van der Waals surface area contributed by atoms with Gasteiger partial charge in [0.1, 0.15) is 17.5 Å². The number of carbonyl (C=O) groups excluding carboxylic acids is 1. The van der Waals surface area contributed by atoms with Crippen molar-refractivity contribution in [1.82, 2.24) is 4.98 Å². The number of amides is 1. The van der Waals surface area contributed by atoms with Crippen molar-refractivity contribution in [3.05, 3.63) is 59.4 Å². The van der Waals surface area contributed by atoms with Crippen molar-refractivity contribution in [2.24, 2.45) is 0 Å². The molecule has 0 unspecified atom stereocenters. The zero-order chi connectivity index (χ0) is 15.0. The first kappa shape index (κ1) is 13.6. The van der Waals surface area contributed by atoms with E-state index in [1.165, 1.54) is 18.2 Å². The minimum atomic E-state index is -0.841. The fraction of sp³-hybridized carbons (Fsp3) is 0. The first-order valence-corrected chi connectivity index (χ1v) is 6.66. The third kappa shape index (κ3) is 2.87. The van der Waals surface area contributed by atoms with Gasteiger partial charge in [-0.25, -0.2) is 18.2 Å². The standard InChI is InChI=1S/C14H7F3N2OS/c15-8-1-2-11-12(6-8)21-14(18-11)19-13(20)7-3-9(16)5-10(17)4-7/h1-6H,(H,18,19,20). The smallest absolute Gasteiger partial charge is 0.257 e. The molecule has 1 aromatic heterocycles. The van der Waals surface area contributed by atoms with Gasteiger partial charge in [-0.2, -0.15) is 0 Å². The van der Waals surface area contributed by atoms with E-state index >= 15 is 0 Å². The first-order chi connectivity index (χ1) is 10.0. The Morgan fingerprint density at radius 1 is 1.00 bits per heavy atom. The maximum Gasteiger partial charge on any atom is 0.257 e. The molecule has 1 heterocycles. The Hall–Kier alpha value is -2.41. The minimum absolute atomic E-state index is 0.155. The normalized spacial score (nSPS) is 10.8. The summed E-state index contributed by atoms with van der Waals surface area (Å²) in [6.45, 7) is 0. The zero-order valence-electron chi connectivity index (χ0n) is 10.4. The first-order valence-electron chi connectivity index (χ1n) is 5.85. The summed E-state index contributed by atoms with van der Waals surface area (Å²) < 4.78 is 39.8. The molecule has 0 spiro atoms. The number of carbonyl (C=O) groups is 1. The second-order valence-electron chi connectivity index (χ2n) is 4.24. The summed E-state index contributed by atoms with van der Waals surface area (Å²) in [5.41, 5.74) is 0.375. The van der Waals surface area contributed by atoms with Gasteiger partial charge in [0, 0.05) is 11.6 Å². The van der Waals surface area contributed by atoms with Crippen LogP contribution < -0.4 is 5.32 Å². The Morgan fingerprint density at radius 3 is 2.43 bits per heavy atom. The highest BCUT2D eigenvalue weighted by Crippen LogP contribution is 2.26. The molecule has 0 atom stereocenters. The van der Waals surface area contributed by atoms with E-state index in [4.69, 9.17) is 0 Å². The number of fused-ring (bicyclic) bond motifs is 1. The van der Waals surface area contributed by atoms with Crippen LogP contribution in [0.25, 0.3) is 10.2 Å². The summed E-state index contributed by atoms with van der Waals surface area (Å²) in [7, 11) is 0. The van der Waals surface area contributed by atoms with Crippen molar-refractivity contribution in [3.63, 3.8) is 0 Å². The maximum absolute atomic E-state index is 13.1. The van der Waals surface area contributed by atoms with E-state index in [0.717, 1.165) is 23.5 Å². The zero-order valence-corrected chi connectivity index (χ0v) is 11.2. The van der Waals surface area contributed by atoms with Crippen molar-refractivity contribution < 1.29 is 18.0 Å². The number of hydrogen-bond donors (Lipinski definition) is 1. The number of anilines is 1. The average Bonchev–Trinajstić information content (AvgIpc) is 2.78. The van der Waals surface area contributed by atoms with E-state index in [1.54, 1.807) is 0 Å². The lowest BCUT2D eigenvalue weighted by molar-refractivity contribution is 0.102. The Morgan fingerprint density at radius 2 is 1.71 bits per heavy atom. The molecule has 1 N–H and O–H groups in total. The van der Waals surface area contributed by atoms with Gasteiger partial charge in [-0.15, -0.1) is 0 Å². The van der Waals surface area contributed by atoms with E-state index in [-0.39, 0.29) is 10.7 Å². The molecule has 1 amide bonds. The van der Waals surface area contributed by atoms with E-state index in [9.17, 15) is 18.0 Å². The van der Waals surface area contributed by atoms with Crippen LogP contribution >= 0.6 is 11.3 Å². The van der Waals surface area contributed by atoms with Gasteiger partial charge in [-0.05, 0) is 30.3 Å². The van der Waals surface area contributed by atoms with Crippen molar-refractivity contribution in [1.29, 1.82) is 0 Å². The summed E-state index contributed by atoms with van der Waals surface area (Å²) in [4.78, 5) is 16.0. The van der Waals surface area contributed by atoms with Crippen LogP contribution in [0.5, 0.6) is 0 Å². The van der Waals surface area contributed by atoms with Gasteiger partial charge in [0.05, 0.1) is 10.2 Å². The molecule has 0 saturated heterocycles. The topological polar surface area (TPSA) is 42.0 Å². The largest absolute Gasteiger partial charge is 0.298 e. The van der Waals surface area contributed by atoms with Crippen LogP contribution in [0, 0.1) is 17.5 Å². The monoisotopic (exact) mass is 308 g/mol. The quantitative estimate of drug-likeness (QED) is 0.778. The number of halogens is 3. The average molecular weight is 308 g/mol. The molecule has 0 aliphatic rings. The van der Waals surface area contributed by atoms with E-state index in [2.05, 4.69) is 10.3 Å². The summed E-state index contributed by atoms with van der Waals surface area (Å²) in [6.07, 6.45) is 0. The number of rotatable bonds is 2. The number of thiazole rings is 1. The fourth-order valence-corrected chi connectivity index (χ4v) is 2.69. The lowest BCUT2D eigenvalue weighted by Crippen LogP contribution is -2.12. The molecular weight excluding hydrogens is 301 g/mol. The number of nitrogens with zero attached hydrogens (tertiary/aromatic N) is 1. The maximum atomic E-state index is 13.1. The van der Waals surface area contributed by atoms with Gasteiger partial charge >= 0.3 is 0 Å². The van der Waals surface area contributed by atoms with Gasteiger partial charge in [-0.3, -0.25) is 10.1 Å². The molecule has 0 bridgehead atoms. The summed E-state index contributed by atoms with van der Waals surface area (Å²) in [6, 6.07) is 6.56. The molecule has 106 valence electrons. The van der Waals surface area contributed by atoms with Crippen molar-refractivity contribution in [2.45, 2.75) is 0 Å². The Kier molecular flexibility index (Phi) is 3.34. The van der Waals surface area contributed by atoms with Crippen LogP contribution in [0.4, 0.5) is 18.3 Å². The molecule has 0 fully saturated rings. The van der Waals surface area contributed by atoms with Crippen molar-refractivity contribution in [3.8, 4) is 0 Å². The molecule has 3 nitrogen and oxygen atoms in total. The van der Waals surface area contributed by atoms with Gasteiger partial charge in [0.25, 0.3) is 5.91 Å². The van der Waals surface area contributed by atoms with Gasteiger partial charge in [0.15, 0.2) is 5.13 Å². The third-order valence-corrected chi connectivity index (χ3v) is 3.63. The number of aromatic nitrogens is 1. The molecule has 7 heteroatoms. The van der Waals surface area contributed by atoms with Crippen LogP contribution in [0.1, 0.15) is 10.4 Å². The van der Waals surface area contributed by atoms with Gasteiger partial charge < -0.3 is 0 Å².